The van der Waals surface area contributed by atoms with E-state index < -0.39 is 0 Å². The summed E-state index contributed by atoms with van der Waals surface area (Å²) in [7, 11) is 0. The third-order valence-corrected chi connectivity index (χ3v) is 4.48. The number of amides is 1. The van der Waals surface area contributed by atoms with Crippen LogP contribution in [0.25, 0.3) is 0 Å². The first kappa shape index (κ1) is 20.4. The first-order chi connectivity index (χ1) is 11.4. The summed E-state index contributed by atoms with van der Waals surface area (Å²) in [6.45, 7) is 12.4. The summed E-state index contributed by atoms with van der Waals surface area (Å²) < 4.78 is 0. The molecule has 1 N–H and O–H groups in total. The molecule has 0 unspecified atom stereocenters. The summed E-state index contributed by atoms with van der Waals surface area (Å²) in [6.07, 6.45) is 13.2. The lowest BCUT2D eigenvalue weighted by Crippen LogP contribution is -2.25. The van der Waals surface area contributed by atoms with Gasteiger partial charge in [0.05, 0.1) is 0 Å². The Labute approximate surface area is 148 Å². The molecule has 1 aliphatic rings. The number of nitrogens with one attached hydrogen (secondary N) is 1. The Morgan fingerprint density at radius 2 is 2.04 bits per heavy atom. The number of rotatable bonds is 8. The highest BCUT2D eigenvalue weighted by Crippen LogP contribution is 2.40. The Bertz CT molecular complexity index is 536. The van der Waals surface area contributed by atoms with Gasteiger partial charge in [-0.15, -0.1) is 0 Å². The van der Waals surface area contributed by atoms with E-state index in [-0.39, 0.29) is 11.3 Å². The van der Waals surface area contributed by atoms with Gasteiger partial charge in [-0.2, -0.15) is 0 Å². The van der Waals surface area contributed by atoms with Gasteiger partial charge in [-0.25, -0.2) is 0 Å². The van der Waals surface area contributed by atoms with Crippen molar-refractivity contribution in [1.29, 1.82) is 0 Å². The molecule has 24 heavy (non-hydrogen) atoms. The van der Waals surface area contributed by atoms with Crippen molar-refractivity contribution in [2.75, 3.05) is 13.1 Å². The average Bonchev–Trinajstić information content (AvgIpc) is 2.53. The molecule has 1 aliphatic carbocycles. The number of hydrogen-bond donors (Lipinski definition) is 1. The van der Waals surface area contributed by atoms with Crippen LogP contribution in [-0.4, -0.2) is 25.2 Å². The fourth-order valence-corrected chi connectivity index (χ4v) is 3.07. The molecule has 0 atom stereocenters. The van der Waals surface area contributed by atoms with E-state index in [9.17, 15) is 4.79 Å². The molecule has 0 saturated heterocycles. The van der Waals surface area contributed by atoms with Gasteiger partial charge in [-0.05, 0) is 62.2 Å². The van der Waals surface area contributed by atoms with Gasteiger partial charge in [0.1, 0.15) is 0 Å². The number of hydrogen-bond acceptors (Lipinski definition) is 2. The lowest BCUT2D eigenvalue weighted by molar-refractivity contribution is -0.117. The van der Waals surface area contributed by atoms with E-state index in [1.807, 2.05) is 12.2 Å². The lowest BCUT2D eigenvalue weighted by Gasteiger charge is -2.33. The Morgan fingerprint density at radius 1 is 1.29 bits per heavy atom. The first-order valence-electron chi connectivity index (χ1n) is 9.29. The zero-order chi connectivity index (χ0) is 18.0. The van der Waals surface area contributed by atoms with E-state index in [4.69, 9.17) is 0 Å². The standard InChI is InChI=1S/C21H34N2O/c1-6-14-22-16-12-18(20(24)23-15-7-2)10-11-19-17(3)9-8-13-21(19,4)5/h10-12,16H,6-9,13-15H2,1-5H3,(H,23,24)/b11-10+,18-12+,22-16?. The van der Waals surface area contributed by atoms with Gasteiger partial charge in [-0.1, -0.05) is 39.3 Å². The summed E-state index contributed by atoms with van der Waals surface area (Å²) in [5, 5.41) is 2.96. The highest BCUT2D eigenvalue weighted by molar-refractivity contribution is 5.99. The van der Waals surface area contributed by atoms with E-state index in [0.29, 0.717) is 12.1 Å². The van der Waals surface area contributed by atoms with Crippen LogP contribution in [0.4, 0.5) is 0 Å². The molecule has 1 rings (SSSR count). The molecule has 0 aliphatic heterocycles. The lowest BCUT2D eigenvalue weighted by atomic mass is 9.72. The van der Waals surface area contributed by atoms with Gasteiger partial charge >= 0.3 is 0 Å². The van der Waals surface area contributed by atoms with Gasteiger partial charge in [0, 0.05) is 24.9 Å². The molecule has 3 heteroatoms. The van der Waals surface area contributed by atoms with Crippen LogP contribution in [0.15, 0.2) is 39.9 Å². The van der Waals surface area contributed by atoms with Gasteiger partial charge < -0.3 is 5.32 Å². The molecule has 1 amide bonds. The van der Waals surface area contributed by atoms with E-state index in [1.165, 1.54) is 24.0 Å². The summed E-state index contributed by atoms with van der Waals surface area (Å²) in [4.78, 5) is 16.7. The maximum atomic E-state index is 12.4. The Balaban J connectivity index is 3.00. The largest absolute Gasteiger partial charge is 0.352 e. The van der Waals surface area contributed by atoms with Crippen molar-refractivity contribution in [3.8, 4) is 0 Å². The summed E-state index contributed by atoms with van der Waals surface area (Å²) in [5.41, 5.74) is 3.66. The minimum atomic E-state index is -0.0251. The van der Waals surface area contributed by atoms with Crippen molar-refractivity contribution in [2.24, 2.45) is 10.4 Å². The summed E-state index contributed by atoms with van der Waals surface area (Å²) >= 11 is 0. The molecular weight excluding hydrogens is 296 g/mol. The first-order valence-corrected chi connectivity index (χ1v) is 9.29. The van der Waals surface area contributed by atoms with E-state index in [2.05, 4.69) is 51.0 Å². The molecule has 0 fully saturated rings. The van der Waals surface area contributed by atoms with Crippen LogP contribution >= 0.6 is 0 Å². The molecule has 0 aromatic rings. The number of aliphatic imine (C=N–C) groups is 1. The number of nitrogens with zero attached hydrogens (tertiary/aromatic N) is 1. The monoisotopic (exact) mass is 330 g/mol. The molecule has 3 nitrogen and oxygen atoms in total. The fraction of sp³-hybridized carbons (Fsp3) is 0.619. The van der Waals surface area contributed by atoms with Crippen molar-refractivity contribution in [3.05, 3.63) is 34.9 Å². The molecule has 0 spiro atoms. The molecule has 134 valence electrons. The fourth-order valence-electron chi connectivity index (χ4n) is 3.07. The molecule has 0 aromatic heterocycles. The van der Waals surface area contributed by atoms with Crippen LogP contribution in [0, 0.1) is 5.41 Å². The third kappa shape index (κ3) is 6.46. The second kappa shape index (κ2) is 10.3. The van der Waals surface area contributed by atoms with Crippen LogP contribution in [0.5, 0.6) is 0 Å². The number of carbonyl (C=O) groups is 1. The van der Waals surface area contributed by atoms with E-state index in [1.54, 1.807) is 6.21 Å². The Hall–Kier alpha value is -1.64. The van der Waals surface area contributed by atoms with Crippen molar-refractivity contribution < 1.29 is 4.79 Å². The smallest absolute Gasteiger partial charge is 0.251 e. The maximum Gasteiger partial charge on any atom is 0.251 e. The number of allylic oxidation sites excluding steroid dienone is 4. The van der Waals surface area contributed by atoms with E-state index in [0.717, 1.165) is 25.8 Å². The highest BCUT2D eigenvalue weighted by atomic mass is 16.1. The normalized spacial score (nSPS) is 18.6. The quantitative estimate of drug-likeness (QED) is 0.380. The van der Waals surface area contributed by atoms with Gasteiger partial charge in [0.15, 0.2) is 0 Å². The van der Waals surface area contributed by atoms with Crippen LogP contribution in [-0.2, 0) is 4.79 Å². The zero-order valence-corrected chi connectivity index (χ0v) is 16.1. The predicted molar refractivity (Wildman–Crippen MR) is 105 cm³/mol. The molecule has 0 saturated carbocycles. The molecule has 0 heterocycles. The highest BCUT2D eigenvalue weighted by Gasteiger charge is 2.26. The van der Waals surface area contributed by atoms with Crippen LogP contribution in [0.3, 0.4) is 0 Å². The summed E-state index contributed by atoms with van der Waals surface area (Å²) in [5.74, 6) is -0.0251. The average molecular weight is 331 g/mol. The zero-order valence-electron chi connectivity index (χ0n) is 16.1. The third-order valence-electron chi connectivity index (χ3n) is 4.48. The van der Waals surface area contributed by atoms with E-state index >= 15 is 0 Å². The maximum absolute atomic E-state index is 12.4. The molecule has 0 bridgehead atoms. The second-order valence-corrected chi connectivity index (χ2v) is 7.20. The Morgan fingerprint density at radius 3 is 2.67 bits per heavy atom. The molecular formula is C21H34N2O. The second-order valence-electron chi connectivity index (χ2n) is 7.20. The number of carbonyl (C=O) groups excluding carboxylic acids is 1. The minimum absolute atomic E-state index is 0.0251. The van der Waals surface area contributed by atoms with Crippen molar-refractivity contribution in [2.45, 2.75) is 66.7 Å². The van der Waals surface area contributed by atoms with Crippen LogP contribution < -0.4 is 5.32 Å². The molecule has 0 aromatic carbocycles. The van der Waals surface area contributed by atoms with Crippen LogP contribution in [0.1, 0.15) is 66.7 Å². The van der Waals surface area contributed by atoms with Gasteiger partial charge in [0.2, 0.25) is 0 Å². The topological polar surface area (TPSA) is 41.5 Å². The minimum Gasteiger partial charge on any atom is -0.352 e. The predicted octanol–water partition coefficient (Wildman–Crippen LogP) is 5.00. The SMILES string of the molecule is CCCN=C/C=C(\C=C\C1=C(C)CCCC1(C)C)C(=O)NCCC. The van der Waals surface area contributed by atoms with Crippen molar-refractivity contribution in [1.82, 2.24) is 5.32 Å². The van der Waals surface area contributed by atoms with Gasteiger partial charge in [-0.3, -0.25) is 9.79 Å². The molecule has 0 radical (unpaired) electrons. The van der Waals surface area contributed by atoms with Gasteiger partial charge in [0.25, 0.3) is 5.91 Å². The van der Waals surface area contributed by atoms with Crippen molar-refractivity contribution in [3.63, 3.8) is 0 Å². The summed E-state index contributed by atoms with van der Waals surface area (Å²) in [6, 6.07) is 0. The Kier molecular flexibility index (Phi) is 8.73. The van der Waals surface area contributed by atoms with Crippen molar-refractivity contribution >= 4 is 12.1 Å². The van der Waals surface area contributed by atoms with Crippen LogP contribution in [0.2, 0.25) is 0 Å².